The lowest BCUT2D eigenvalue weighted by molar-refractivity contribution is -0.121. The topological polar surface area (TPSA) is 67.4 Å². The monoisotopic (exact) mass is 394 g/mol. The number of benzene rings is 1. The average molecular weight is 395 g/mol. The Morgan fingerprint density at radius 1 is 1.15 bits per heavy atom. The van der Waals surface area contributed by atoms with Crippen LogP contribution in [0.4, 0.5) is 10.5 Å². The fraction of sp³-hybridized carbons (Fsp3) is 0.368. The Labute approximate surface area is 162 Å². The van der Waals surface area contributed by atoms with Gasteiger partial charge in [-0.3, -0.25) is 10.1 Å². The first-order valence-electron chi connectivity index (χ1n) is 8.26. The van der Waals surface area contributed by atoms with Gasteiger partial charge in [-0.15, -0.1) is 11.3 Å². The van der Waals surface area contributed by atoms with Crippen LogP contribution >= 0.6 is 22.9 Å². The van der Waals surface area contributed by atoms with Gasteiger partial charge in [0.1, 0.15) is 5.60 Å². The zero-order chi connectivity index (χ0) is 19.3. The number of ether oxygens (including phenoxy) is 1. The normalized spacial score (nSPS) is 12.3. The summed E-state index contributed by atoms with van der Waals surface area (Å²) in [7, 11) is 0. The number of thiophene rings is 1. The fourth-order valence-electron chi connectivity index (χ4n) is 2.24. The molecule has 0 fully saturated rings. The minimum atomic E-state index is -0.550. The standard InChI is InChI=1S/C19H23ClN2O3S/c1-12(15-9-10-16(20)26-15)21-17(23)11-13-5-7-14(8-6-13)22-18(24)25-19(2,3)4/h5-10,12H,11H2,1-4H3,(H,21,23)(H,22,24). The number of hydrogen-bond donors (Lipinski definition) is 2. The highest BCUT2D eigenvalue weighted by atomic mass is 35.5. The molecule has 7 heteroatoms. The van der Waals surface area contributed by atoms with E-state index >= 15 is 0 Å². The van der Waals surface area contributed by atoms with Crippen molar-refractivity contribution in [3.05, 3.63) is 51.2 Å². The minimum Gasteiger partial charge on any atom is -0.444 e. The van der Waals surface area contributed by atoms with E-state index in [1.807, 2.05) is 19.1 Å². The number of nitrogens with one attached hydrogen (secondary N) is 2. The molecule has 1 heterocycles. The van der Waals surface area contributed by atoms with Gasteiger partial charge in [-0.25, -0.2) is 4.79 Å². The maximum atomic E-state index is 12.2. The van der Waals surface area contributed by atoms with E-state index in [9.17, 15) is 9.59 Å². The Balaban J connectivity index is 1.86. The van der Waals surface area contributed by atoms with Crippen molar-refractivity contribution in [2.45, 2.75) is 45.8 Å². The van der Waals surface area contributed by atoms with Crippen molar-refractivity contribution in [2.75, 3.05) is 5.32 Å². The summed E-state index contributed by atoms with van der Waals surface area (Å²) in [4.78, 5) is 24.9. The van der Waals surface area contributed by atoms with Gasteiger partial charge < -0.3 is 10.1 Å². The molecule has 0 saturated heterocycles. The van der Waals surface area contributed by atoms with Crippen molar-refractivity contribution in [1.29, 1.82) is 0 Å². The molecule has 1 aromatic carbocycles. The largest absolute Gasteiger partial charge is 0.444 e. The number of anilines is 1. The molecule has 0 aliphatic carbocycles. The van der Waals surface area contributed by atoms with Crippen molar-refractivity contribution in [3.63, 3.8) is 0 Å². The van der Waals surface area contributed by atoms with Crippen molar-refractivity contribution in [1.82, 2.24) is 5.32 Å². The molecular formula is C19H23ClN2O3S. The highest BCUT2D eigenvalue weighted by Gasteiger charge is 2.16. The third-order valence-corrected chi connectivity index (χ3v) is 4.78. The molecule has 2 rings (SSSR count). The summed E-state index contributed by atoms with van der Waals surface area (Å²) in [6.45, 7) is 7.34. The Morgan fingerprint density at radius 3 is 2.35 bits per heavy atom. The van der Waals surface area contributed by atoms with E-state index in [0.717, 1.165) is 10.4 Å². The van der Waals surface area contributed by atoms with E-state index in [2.05, 4.69) is 10.6 Å². The molecule has 0 saturated carbocycles. The van der Waals surface area contributed by atoms with Crippen LogP contribution in [0.5, 0.6) is 0 Å². The Kier molecular flexibility index (Phi) is 6.67. The van der Waals surface area contributed by atoms with E-state index in [1.165, 1.54) is 11.3 Å². The average Bonchev–Trinajstić information content (AvgIpc) is 2.94. The quantitative estimate of drug-likeness (QED) is 0.735. The molecule has 1 aromatic heterocycles. The molecule has 0 radical (unpaired) electrons. The summed E-state index contributed by atoms with van der Waals surface area (Å²) in [5.41, 5.74) is 0.921. The molecule has 140 valence electrons. The third-order valence-electron chi connectivity index (χ3n) is 3.36. The number of carbonyl (C=O) groups is 2. The highest BCUT2D eigenvalue weighted by Crippen LogP contribution is 2.26. The molecule has 2 amide bonds. The van der Waals surface area contributed by atoms with E-state index in [1.54, 1.807) is 45.0 Å². The number of amides is 2. The first-order valence-corrected chi connectivity index (χ1v) is 9.45. The molecule has 2 N–H and O–H groups in total. The summed E-state index contributed by atoms with van der Waals surface area (Å²) in [5.74, 6) is -0.0742. The van der Waals surface area contributed by atoms with Gasteiger partial charge in [-0.05, 0) is 57.5 Å². The van der Waals surface area contributed by atoms with Gasteiger partial charge in [0.05, 0.1) is 16.8 Å². The molecule has 0 aliphatic heterocycles. The molecule has 5 nitrogen and oxygen atoms in total. The fourth-order valence-corrected chi connectivity index (χ4v) is 3.30. The number of rotatable bonds is 5. The first kappa shape index (κ1) is 20.3. The lowest BCUT2D eigenvalue weighted by Crippen LogP contribution is -2.28. The van der Waals surface area contributed by atoms with Gasteiger partial charge in [0.2, 0.25) is 5.91 Å². The van der Waals surface area contributed by atoms with Crippen LogP contribution in [-0.4, -0.2) is 17.6 Å². The molecular weight excluding hydrogens is 372 g/mol. The van der Waals surface area contributed by atoms with Gasteiger partial charge in [-0.1, -0.05) is 23.7 Å². The predicted molar refractivity (Wildman–Crippen MR) is 106 cm³/mol. The maximum absolute atomic E-state index is 12.2. The Morgan fingerprint density at radius 2 is 1.81 bits per heavy atom. The van der Waals surface area contributed by atoms with Crippen LogP contribution in [0.3, 0.4) is 0 Å². The van der Waals surface area contributed by atoms with Crippen LogP contribution in [0, 0.1) is 0 Å². The van der Waals surface area contributed by atoms with Crippen molar-refractivity contribution in [2.24, 2.45) is 0 Å². The molecule has 0 aliphatic rings. The SMILES string of the molecule is CC(NC(=O)Cc1ccc(NC(=O)OC(C)(C)C)cc1)c1ccc(Cl)s1. The van der Waals surface area contributed by atoms with Crippen LogP contribution < -0.4 is 10.6 Å². The zero-order valence-corrected chi connectivity index (χ0v) is 16.8. The molecule has 26 heavy (non-hydrogen) atoms. The van der Waals surface area contributed by atoms with Gasteiger partial charge in [-0.2, -0.15) is 0 Å². The molecule has 1 atom stereocenters. The lowest BCUT2D eigenvalue weighted by atomic mass is 10.1. The predicted octanol–water partition coefficient (Wildman–Crippen LogP) is 5.17. The maximum Gasteiger partial charge on any atom is 0.412 e. The van der Waals surface area contributed by atoms with Crippen LogP contribution in [0.1, 0.15) is 44.2 Å². The molecule has 2 aromatic rings. The van der Waals surface area contributed by atoms with Gasteiger partial charge >= 0.3 is 6.09 Å². The molecule has 0 bridgehead atoms. The van der Waals surface area contributed by atoms with E-state index in [4.69, 9.17) is 16.3 Å². The van der Waals surface area contributed by atoms with Gasteiger partial charge in [0.25, 0.3) is 0 Å². The second kappa shape index (κ2) is 8.56. The van der Waals surface area contributed by atoms with Crippen LogP contribution in [0.2, 0.25) is 4.34 Å². The smallest absolute Gasteiger partial charge is 0.412 e. The van der Waals surface area contributed by atoms with E-state index in [0.29, 0.717) is 10.0 Å². The van der Waals surface area contributed by atoms with Crippen molar-refractivity contribution in [3.8, 4) is 0 Å². The summed E-state index contributed by atoms with van der Waals surface area (Å²) < 4.78 is 5.90. The van der Waals surface area contributed by atoms with E-state index in [-0.39, 0.29) is 18.4 Å². The summed E-state index contributed by atoms with van der Waals surface area (Å²) in [5, 5.41) is 5.62. The summed E-state index contributed by atoms with van der Waals surface area (Å²) in [6.07, 6.45) is -0.248. The third kappa shape index (κ3) is 6.69. The zero-order valence-electron chi connectivity index (χ0n) is 15.3. The first-order chi connectivity index (χ1) is 12.1. The van der Waals surface area contributed by atoms with Gasteiger partial charge in [0, 0.05) is 10.6 Å². The minimum absolute atomic E-state index is 0.0742. The summed E-state index contributed by atoms with van der Waals surface area (Å²) in [6, 6.07) is 10.7. The number of halogens is 1. The van der Waals surface area contributed by atoms with Crippen LogP contribution in [-0.2, 0) is 16.0 Å². The van der Waals surface area contributed by atoms with Gasteiger partial charge in [0.15, 0.2) is 0 Å². The number of hydrogen-bond acceptors (Lipinski definition) is 4. The second-order valence-corrected chi connectivity index (χ2v) is 8.68. The van der Waals surface area contributed by atoms with Crippen molar-refractivity contribution >= 4 is 40.6 Å². The molecule has 0 spiro atoms. The molecule has 1 unspecified atom stereocenters. The Bertz CT molecular complexity index is 766. The lowest BCUT2D eigenvalue weighted by Gasteiger charge is -2.19. The van der Waals surface area contributed by atoms with Crippen molar-refractivity contribution < 1.29 is 14.3 Å². The number of carbonyl (C=O) groups excluding carboxylic acids is 2. The Hall–Kier alpha value is -2.05. The summed E-state index contributed by atoms with van der Waals surface area (Å²) >= 11 is 7.38. The van der Waals surface area contributed by atoms with Crippen LogP contribution in [0.25, 0.3) is 0 Å². The second-order valence-electron chi connectivity index (χ2n) is 6.93. The van der Waals surface area contributed by atoms with Crippen LogP contribution in [0.15, 0.2) is 36.4 Å². The van der Waals surface area contributed by atoms with E-state index < -0.39 is 11.7 Å². The highest BCUT2D eigenvalue weighted by molar-refractivity contribution is 7.16.